The van der Waals surface area contributed by atoms with E-state index in [1.165, 1.54) is 64.6 Å². The van der Waals surface area contributed by atoms with E-state index >= 15 is 0 Å². The molecule has 8 aromatic carbocycles. The lowest BCUT2D eigenvalue weighted by atomic mass is 10.0. The predicted molar refractivity (Wildman–Crippen MR) is 237 cm³/mol. The molecule has 0 spiro atoms. The second-order valence-electron chi connectivity index (χ2n) is 14.1. The van der Waals surface area contributed by atoms with Gasteiger partial charge < -0.3 is 9.80 Å². The average Bonchev–Trinajstić information content (AvgIpc) is 3.65. The van der Waals surface area contributed by atoms with Crippen molar-refractivity contribution in [2.75, 3.05) is 9.80 Å². The van der Waals surface area contributed by atoms with E-state index in [2.05, 4.69) is 216 Å². The highest BCUT2D eigenvalue weighted by atomic mass is 32.1. The first kappa shape index (κ1) is 32.9. The van der Waals surface area contributed by atoms with Gasteiger partial charge in [-0.15, -0.1) is 11.3 Å². The van der Waals surface area contributed by atoms with Crippen molar-refractivity contribution in [3.63, 3.8) is 0 Å². The van der Waals surface area contributed by atoms with Gasteiger partial charge >= 0.3 is 0 Å². The zero-order chi connectivity index (χ0) is 36.6. The number of hydrogen-bond acceptors (Lipinski definition) is 3. The number of nitrogens with zero attached hydrogens (tertiary/aromatic N) is 2. The van der Waals surface area contributed by atoms with Gasteiger partial charge in [0.15, 0.2) is 0 Å². The Hall–Kier alpha value is -6.68. The zero-order valence-electron chi connectivity index (χ0n) is 30.3. The molecule has 262 valence electrons. The molecule has 1 aliphatic rings. The molecule has 55 heavy (non-hydrogen) atoms. The SMILES string of the molecule is C1=CC(N(c2cccc(-c3ccccc3)c2)c2cc(N(c3ccccc3)c3cccc(-c4ccccc4)c3)cc3c2sc2c4ccccc4ccc32)=CCC1. The number of benzene rings is 8. The van der Waals surface area contributed by atoms with Crippen LogP contribution in [0.2, 0.25) is 0 Å². The fraction of sp³-hybridized carbons (Fsp3) is 0.0385. The normalized spacial score (nSPS) is 12.6. The number of fused-ring (bicyclic) bond motifs is 5. The smallest absolute Gasteiger partial charge is 0.0661 e. The third-order valence-electron chi connectivity index (χ3n) is 10.6. The molecule has 0 atom stereocenters. The highest BCUT2D eigenvalue weighted by Gasteiger charge is 2.24. The first-order valence-electron chi connectivity index (χ1n) is 19.0. The monoisotopic (exact) mass is 722 g/mol. The molecule has 0 saturated heterocycles. The highest BCUT2D eigenvalue weighted by Crippen LogP contribution is 2.50. The minimum Gasteiger partial charge on any atom is -0.310 e. The molecule has 0 amide bonds. The number of rotatable bonds is 8. The van der Waals surface area contributed by atoms with Crippen LogP contribution in [0.1, 0.15) is 12.8 Å². The van der Waals surface area contributed by atoms with Gasteiger partial charge in [0, 0.05) is 43.9 Å². The van der Waals surface area contributed by atoms with Gasteiger partial charge in [0.1, 0.15) is 0 Å². The van der Waals surface area contributed by atoms with E-state index in [1.807, 2.05) is 11.3 Å². The summed E-state index contributed by atoms with van der Waals surface area (Å²) in [6.07, 6.45) is 9.06. The van der Waals surface area contributed by atoms with Gasteiger partial charge in [-0.1, -0.05) is 152 Å². The van der Waals surface area contributed by atoms with Crippen LogP contribution in [0, 0.1) is 0 Å². The Morgan fingerprint density at radius 1 is 0.382 bits per heavy atom. The summed E-state index contributed by atoms with van der Waals surface area (Å²) in [6.45, 7) is 0. The van der Waals surface area contributed by atoms with Gasteiger partial charge in [-0.05, 0) is 100 Å². The summed E-state index contributed by atoms with van der Waals surface area (Å²) < 4.78 is 2.58. The maximum Gasteiger partial charge on any atom is 0.0661 e. The Morgan fingerprint density at radius 2 is 0.982 bits per heavy atom. The zero-order valence-corrected chi connectivity index (χ0v) is 31.2. The van der Waals surface area contributed by atoms with Crippen LogP contribution < -0.4 is 9.80 Å². The fourth-order valence-electron chi connectivity index (χ4n) is 8.00. The Balaban J connectivity index is 1.27. The van der Waals surface area contributed by atoms with Gasteiger partial charge in [-0.25, -0.2) is 0 Å². The summed E-state index contributed by atoms with van der Waals surface area (Å²) in [7, 11) is 0. The van der Waals surface area contributed by atoms with Crippen molar-refractivity contribution in [3.05, 3.63) is 212 Å². The number of anilines is 5. The second kappa shape index (κ2) is 14.3. The molecule has 9 aromatic rings. The van der Waals surface area contributed by atoms with E-state index in [0.29, 0.717) is 0 Å². The van der Waals surface area contributed by atoms with Gasteiger partial charge in [-0.2, -0.15) is 0 Å². The maximum atomic E-state index is 2.50. The lowest BCUT2D eigenvalue weighted by Crippen LogP contribution is -2.17. The second-order valence-corrected chi connectivity index (χ2v) is 15.1. The van der Waals surface area contributed by atoms with Crippen molar-refractivity contribution >= 4 is 70.7 Å². The topological polar surface area (TPSA) is 6.48 Å². The first-order valence-corrected chi connectivity index (χ1v) is 19.8. The Kier molecular flexibility index (Phi) is 8.55. The molecule has 0 saturated carbocycles. The Bertz CT molecular complexity index is 2870. The summed E-state index contributed by atoms with van der Waals surface area (Å²) in [5, 5.41) is 5.08. The molecule has 0 unspecified atom stereocenters. The summed E-state index contributed by atoms with van der Waals surface area (Å²) in [4.78, 5) is 4.92. The van der Waals surface area contributed by atoms with Gasteiger partial charge in [-0.3, -0.25) is 0 Å². The number of allylic oxidation sites excluding steroid dienone is 3. The summed E-state index contributed by atoms with van der Waals surface area (Å²) in [5.74, 6) is 0. The van der Waals surface area contributed by atoms with Crippen molar-refractivity contribution in [2.24, 2.45) is 0 Å². The minimum atomic E-state index is 1.00. The quantitative estimate of drug-likeness (QED) is 0.154. The van der Waals surface area contributed by atoms with E-state index in [4.69, 9.17) is 0 Å². The van der Waals surface area contributed by atoms with Crippen LogP contribution in [0.25, 0.3) is 53.2 Å². The molecular weight excluding hydrogens is 685 g/mol. The van der Waals surface area contributed by atoms with Crippen LogP contribution in [-0.2, 0) is 0 Å². The van der Waals surface area contributed by atoms with E-state index in [9.17, 15) is 0 Å². The molecule has 1 aliphatic carbocycles. The lowest BCUT2D eigenvalue weighted by Gasteiger charge is -2.31. The molecule has 10 rings (SSSR count). The van der Waals surface area contributed by atoms with E-state index in [-0.39, 0.29) is 0 Å². The minimum absolute atomic E-state index is 1.00. The first-order chi connectivity index (χ1) is 27.3. The molecule has 2 nitrogen and oxygen atoms in total. The largest absolute Gasteiger partial charge is 0.310 e. The van der Waals surface area contributed by atoms with Gasteiger partial charge in [0.05, 0.1) is 10.4 Å². The third kappa shape index (κ3) is 6.19. The highest BCUT2D eigenvalue weighted by molar-refractivity contribution is 7.27. The van der Waals surface area contributed by atoms with Crippen molar-refractivity contribution in [1.29, 1.82) is 0 Å². The van der Waals surface area contributed by atoms with Crippen molar-refractivity contribution in [3.8, 4) is 22.3 Å². The summed E-state index contributed by atoms with van der Waals surface area (Å²) >= 11 is 1.91. The fourth-order valence-corrected chi connectivity index (χ4v) is 9.32. The number of hydrogen-bond donors (Lipinski definition) is 0. The number of para-hydroxylation sites is 1. The molecular formula is C52H38N2S. The van der Waals surface area contributed by atoms with E-state index < -0.39 is 0 Å². The average molecular weight is 723 g/mol. The maximum absolute atomic E-state index is 2.50. The molecule has 1 aromatic heterocycles. The van der Waals surface area contributed by atoms with E-state index in [0.717, 1.165) is 35.6 Å². The van der Waals surface area contributed by atoms with Crippen molar-refractivity contribution < 1.29 is 0 Å². The van der Waals surface area contributed by atoms with E-state index in [1.54, 1.807) is 0 Å². The molecule has 1 heterocycles. The van der Waals surface area contributed by atoms with Crippen molar-refractivity contribution in [1.82, 2.24) is 0 Å². The van der Waals surface area contributed by atoms with Crippen LogP contribution in [0.15, 0.2) is 212 Å². The summed E-state index contributed by atoms with van der Waals surface area (Å²) in [6, 6.07) is 68.3. The molecule has 0 N–H and O–H groups in total. The number of thiophene rings is 1. The predicted octanol–water partition coefficient (Wildman–Crippen LogP) is 15.4. The molecule has 0 bridgehead atoms. The lowest BCUT2D eigenvalue weighted by molar-refractivity contribution is 0.998. The van der Waals surface area contributed by atoms with Crippen LogP contribution in [0.4, 0.5) is 28.4 Å². The molecule has 0 radical (unpaired) electrons. The third-order valence-corrected chi connectivity index (χ3v) is 11.9. The van der Waals surface area contributed by atoms with Crippen LogP contribution in [0.3, 0.4) is 0 Å². The Morgan fingerprint density at radius 3 is 1.65 bits per heavy atom. The van der Waals surface area contributed by atoms with Crippen molar-refractivity contribution in [2.45, 2.75) is 12.8 Å². The molecule has 0 aliphatic heterocycles. The van der Waals surface area contributed by atoms with Gasteiger partial charge in [0.25, 0.3) is 0 Å². The molecule has 3 heteroatoms. The van der Waals surface area contributed by atoms with Gasteiger partial charge in [0.2, 0.25) is 0 Å². The standard InChI is InChI=1S/C52H38N2S/c1-5-17-37(18-6-1)40-22-15-28-44(33-40)53(42-24-9-3-10-25-42)46-35-49-48-32-31-39-21-13-14-30-47(39)51(48)55-52(49)50(36-46)54(43-26-11-4-12-27-43)45-29-16-23-41(34-45)38-19-7-2-8-20-38/h1-3,5-11,13-36H,4,12H2. The van der Waals surface area contributed by atoms with Crippen LogP contribution >= 0.6 is 11.3 Å². The van der Waals surface area contributed by atoms with Crippen LogP contribution in [-0.4, -0.2) is 0 Å². The van der Waals surface area contributed by atoms with Crippen LogP contribution in [0.5, 0.6) is 0 Å². The molecule has 0 fully saturated rings. The summed E-state index contributed by atoms with van der Waals surface area (Å²) in [5.41, 5.74) is 11.6. The Labute approximate surface area is 326 Å².